The van der Waals surface area contributed by atoms with E-state index in [1.54, 1.807) is 9.58 Å². The first kappa shape index (κ1) is 27.5. The molecule has 0 bridgehead atoms. The van der Waals surface area contributed by atoms with Crippen molar-refractivity contribution < 1.29 is 23.8 Å². The molecule has 1 fully saturated rings. The molecule has 1 N–H and O–H groups in total. The summed E-state index contributed by atoms with van der Waals surface area (Å²) in [6.45, 7) is 1.29. The number of hydrogen-bond acceptors (Lipinski definition) is 8. The average molecular weight is 571 g/mol. The van der Waals surface area contributed by atoms with E-state index in [0.717, 1.165) is 29.6 Å². The molecular formula is C31H34N6O5. The van der Waals surface area contributed by atoms with Crippen LogP contribution in [-0.4, -0.2) is 71.9 Å². The lowest BCUT2D eigenvalue weighted by Gasteiger charge is -2.32. The number of carbonyl (C=O) groups excluding carboxylic acids is 2. The van der Waals surface area contributed by atoms with Crippen LogP contribution >= 0.6 is 0 Å². The molecule has 3 heterocycles. The van der Waals surface area contributed by atoms with Gasteiger partial charge in [0.05, 0.1) is 11.6 Å². The number of para-hydroxylation sites is 1. The molecule has 2 aliphatic rings. The molecule has 42 heavy (non-hydrogen) atoms. The predicted octanol–water partition coefficient (Wildman–Crippen LogP) is 3.29. The van der Waals surface area contributed by atoms with Gasteiger partial charge < -0.3 is 29.3 Å². The van der Waals surface area contributed by atoms with Crippen LogP contribution in [0.3, 0.4) is 0 Å². The van der Waals surface area contributed by atoms with Crippen LogP contribution in [0.15, 0.2) is 66.7 Å². The van der Waals surface area contributed by atoms with Gasteiger partial charge in [0.2, 0.25) is 18.6 Å². The van der Waals surface area contributed by atoms with Gasteiger partial charge in [-0.3, -0.25) is 9.59 Å². The van der Waals surface area contributed by atoms with Crippen molar-refractivity contribution in [2.75, 3.05) is 38.9 Å². The Morgan fingerprint density at radius 2 is 1.86 bits per heavy atom. The smallest absolute Gasteiger partial charge is 0.247 e. The van der Waals surface area contributed by atoms with Crippen LogP contribution < -0.4 is 19.7 Å². The van der Waals surface area contributed by atoms with Crippen molar-refractivity contribution in [1.82, 2.24) is 25.2 Å². The van der Waals surface area contributed by atoms with Crippen LogP contribution in [0.4, 0.5) is 5.69 Å². The summed E-state index contributed by atoms with van der Waals surface area (Å²) in [5.74, 6) is 0.700. The van der Waals surface area contributed by atoms with Crippen molar-refractivity contribution in [3.63, 3.8) is 0 Å². The average Bonchev–Trinajstić information content (AvgIpc) is 3.78. The van der Waals surface area contributed by atoms with Crippen molar-refractivity contribution >= 4 is 28.5 Å². The third-order valence-corrected chi connectivity index (χ3v) is 7.63. The third-order valence-electron chi connectivity index (χ3n) is 7.63. The molecule has 6 rings (SSSR count). The second-order valence-corrected chi connectivity index (χ2v) is 10.7. The molecule has 0 radical (unpaired) electrons. The van der Waals surface area contributed by atoms with Crippen LogP contribution in [0, 0.1) is 0 Å². The zero-order valence-electron chi connectivity index (χ0n) is 23.7. The minimum absolute atomic E-state index is 0.0368. The minimum atomic E-state index is -0.907. The van der Waals surface area contributed by atoms with E-state index in [1.165, 1.54) is 0 Å². The van der Waals surface area contributed by atoms with Gasteiger partial charge in [-0.05, 0) is 60.4 Å². The number of nitrogens with zero attached hydrogens (tertiary/aromatic N) is 5. The Labute approximate surface area is 243 Å². The molecule has 11 nitrogen and oxygen atoms in total. The maximum atomic E-state index is 14.2. The molecule has 1 aromatic heterocycles. The van der Waals surface area contributed by atoms with E-state index in [1.807, 2.05) is 85.7 Å². The SMILES string of the molecule is CN(C)c1ccc(C(C(=O)NCC2CCCO2)N(Cc2ccc3c(c2)OCO3)C(=O)Cn2nnc3ccccc32)cc1. The summed E-state index contributed by atoms with van der Waals surface area (Å²) in [6, 6.07) is 19.8. The number of carbonyl (C=O) groups is 2. The first-order valence-corrected chi connectivity index (χ1v) is 14.1. The summed E-state index contributed by atoms with van der Waals surface area (Å²) in [5, 5.41) is 11.5. The monoisotopic (exact) mass is 570 g/mol. The molecule has 218 valence electrons. The second kappa shape index (κ2) is 12.1. The van der Waals surface area contributed by atoms with Gasteiger partial charge in [0.1, 0.15) is 18.1 Å². The number of amides is 2. The summed E-state index contributed by atoms with van der Waals surface area (Å²) in [6.07, 6.45) is 1.82. The molecule has 2 aliphatic heterocycles. The normalized spacial score (nSPS) is 16.4. The standard InChI is InChI=1S/C31H34N6O5/c1-35(2)23-12-10-22(11-13-23)30(31(39)32-17-24-6-5-15-40-24)36(18-21-9-14-27-28(16-21)42-20-41-27)29(38)19-37-26-8-4-3-7-25(26)33-34-37/h3-4,7-14,16,24,30H,5-6,15,17-20H2,1-2H3,(H,32,39). The van der Waals surface area contributed by atoms with E-state index in [4.69, 9.17) is 14.2 Å². The summed E-state index contributed by atoms with van der Waals surface area (Å²) in [7, 11) is 3.91. The summed E-state index contributed by atoms with van der Waals surface area (Å²) in [5.41, 5.74) is 3.92. The van der Waals surface area contributed by atoms with Crippen LogP contribution in [0.5, 0.6) is 11.5 Å². The molecule has 2 unspecified atom stereocenters. The molecule has 11 heteroatoms. The maximum absolute atomic E-state index is 14.2. The first-order valence-electron chi connectivity index (χ1n) is 14.1. The van der Waals surface area contributed by atoms with Crippen LogP contribution in [0.2, 0.25) is 0 Å². The fourth-order valence-corrected chi connectivity index (χ4v) is 5.36. The largest absolute Gasteiger partial charge is 0.454 e. The quantitative estimate of drug-likeness (QED) is 0.309. The number of rotatable bonds is 10. The van der Waals surface area contributed by atoms with Gasteiger partial charge in [0, 0.05) is 39.5 Å². The second-order valence-electron chi connectivity index (χ2n) is 10.7. The van der Waals surface area contributed by atoms with E-state index in [0.29, 0.717) is 35.7 Å². The Balaban J connectivity index is 1.36. The molecule has 2 amide bonds. The maximum Gasteiger partial charge on any atom is 0.247 e. The Morgan fingerprint density at radius 1 is 1.05 bits per heavy atom. The van der Waals surface area contributed by atoms with E-state index in [2.05, 4.69) is 15.6 Å². The van der Waals surface area contributed by atoms with Gasteiger partial charge >= 0.3 is 0 Å². The first-order chi connectivity index (χ1) is 20.5. The summed E-state index contributed by atoms with van der Waals surface area (Å²) >= 11 is 0. The molecular weight excluding hydrogens is 536 g/mol. The number of fused-ring (bicyclic) bond motifs is 2. The summed E-state index contributed by atoms with van der Waals surface area (Å²) in [4.78, 5) is 31.8. The number of benzene rings is 3. The highest BCUT2D eigenvalue weighted by Crippen LogP contribution is 2.34. The molecule has 0 spiro atoms. The fourth-order valence-electron chi connectivity index (χ4n) is 5.36. The summed E-state index contributed by atoms with van der Waals surface area (Å²) < 4.78 is 18.4. The highest BCUT2D eigenvalue weighted by molar-refractivity contribution is 5.89. The number of anilines is 1. The lowest BCUT2D eigenvalue weighted by molar-refractivity contribution is -0.142. The molecule has 0 saturated carbocycles. The molecule has 3 aromatic carbocycles. The molecule has 1 saturated heterocycles. The number of hydrogen-bond donors (Lipinski definition) is 1. The van der Waals surface area contributed by atoms with Crippen LogP contribution in [0.25, 0.3) is 11.0 Å². The van der Waals surface area contributed by atoms with Gasteiger partial charge in [0.15, 0.2) is 11.5 Å². The van der Waals surface area contributed by atoms with Crippen molar-refractivity contribution in [2.24, 2.45) is 0 Å². The van der Waals surface area contributed by atoms with E-state index in [9.17, 15) is 9.59 Å². The number of ether oxygens (including phenoxy) is 3. The van der Waals surface area contributed by atoms with Gasteiger partial charge in [-0.1, -0.05) is 35.5 Å². The Morgan fingerprint density at radius 3 is 2.64 bits per heavy atom. The predicted molar refractivity (Wildman–Crippen MR) is 156 cm³/mol. The zero-order chi connectivity index (χ0) is 29.1. The van der Waals surface area contributed by atoms with Crippen molar-refractivity contribution in [2.45, 2.75) is 38.1 Å². The van der Waals surface area contributed by atoms with Crippen molar-refractivity contribution in [3.05, 3.63) is 77.9 Å². The van der Waals surface area contributed by atoms with Gasteiger partial charge in [0.25, 0.3) is 0 Å². The zero-order valence-corrected chi connectivity index (χ0v) is 23.7. The Bertz CT molecular complexity index is 1560. The highest BCUT2D eigenvalue weighted by Gasteiger charge is 2.33. The van der Waals surface area contributed by atoms with Crippen molar-refractivity contribution in [3.8, 4) is 11.5 Å². The van der Waals surface area contributed by atoms with Crippen LogP contribution in [-0.2, 0) is 27.4 Å². The topological polar surface area (TPSA) is 111 Å². The Kier molecular flexibility index (Phi) is 7.91. The molecule has 4 aromatic rings. The number of aromatic nitrogens is 3. The molecule has 2 atom stereocenters. The van der Waals surface area contributed by atoms with E-state index >= 15 is 0 Å². The van der Waals surface area contributed by atoms with Gasteiger partial charge in [-0.25, -0.2) is 4.68 Å². The highest BCUT2D eigenvalue weighted by atomic mass is 16.7. The van der Waals surface area contributed by atoms with E-state index in [-0.39, 0.29) is 37.8 Å². The lowest BCUT2D eigenvalue weighted by atomic mass is 10.0. The lowest BCUT2D eigenvalue weighted by Crippen LogP contribution is -2.46. The molecule has 0 aliphatic carbocycles. The number of nitrogens with one attached hydrogen (secondary N) is 1. The van der Waals surface area contributed by atoms with E-state index < -0.39 is 6.04 Å². The van der Waals surface area contributed by atoms with Gasteiger partial charge in [-0.2, -0.15) is 0 Å². The fraction of sp³-hybridized carbons (Fsp3) is 0.355. The van der Waals surface area contributed by atoms with Gasteiger partial charge in [-0.15, -0.1) is 5.10 Å². The Hall–Kier alpha value is -4.64. The van der Waals surface area contributed by atoms with Crippen LogP contribution in [0.1, 0.15) is 30.0 Å². The minimum Gasteiger partial charge on any atom is -0.454 e. The third kappa shape index (κ3) is 5.87. The van der Waals surface area contributed by atoms with Crippen molar-refractivity contribution in [1.29, 1.82) is 0 Å².